The summed E-state index contributed by atoms with van der Waals surface area (Å²) in [5.41, 5.74) is 0. The fraction of sp³-hybridized carbons (Fsp3) is 0.933. The largest absolute Gasteiger partial charge is 0.359 e. The molecule has 0 aliphatic rings. The van der Waals surface area contributed by atoms with Crippen LogP contribution in [0.25, 0.3) is 0 Å². The van der Waals surface area contributed by atoms with Gasteiger partial charge in [-0.3, -0.25) is 9.59 Å². The molecule has 0 saturated heterocycles. The van der Waals surface area contributed by atoms with Gasteiger partial charge in [-0.05, 0) is 33.1 Å². The van der Waals surface area contributed by atoms with Gasteiger partial charge in [-0.25, -0.2) is 0 Å². The summed E-state index contributed by atoms with van der Waals surface area (Å²) in [5, 5.41) is 0. The Labute approximate surface area is 218 Å². The molecule has 2 amide bonds. The number of carbonyl (C=O) groups is 2. The van der Waals surface area contributed by atoms with Crippen LogP contribution in [0.15, 0.2) is 0 Å². The van der Waals surface area contributed by atoms with E-state index in [0.717, 1.165) is 38.8 Å². The van der Waals surface area contributed by atoms with Crippen molar-refractivity contribution in [3.05, 3.63) is 0 Å². The molecule has 1 atom stereocenters. The molecule has 0 bridgehead atoms. The predicted octanol–water partition coefficient (Wildman–Crippen LogP) is 7.76. The molecule has 1 unspecified atom stereocenters. The summed E-state index contributed by atoms with van der Waals surface area (Å²) >= 11 is 0. The van der Waals surface area contributed by atoms with Crippen LogP contribution in [0.4, 0.5) is 0 Å². The number of rotatable bonds is 25. The summed E-state index contributed by atoms with van der Waals surface area (Å²) in [6.45, 7) is 13.7. The van der Waals surface area contributed by atoms with Crippen LogP contribution in [0.3, 0.4) is 0 Å². The molecule has 0 N–H and O–H groups in total. The van der Waals surface area contributed by atoms with E-state index in [0.29, 0.717) is 19.5 Å². The summed E-state index contributed by atoms with van der Waals surface area (Å²) in [5.74, 6) is 0.0933. The lowest BCUT2D eigenvalue weighted by Gasteiger charge is -2.27. The van der Waals surface area contributed by atoms with Gasteiger partial charge in [-0.1, -0.05) is 111 Å². The van der Waals surface area contributed by atoms with Gasteiger partial charge in [0.25, 0.3) is 5.91 Å². The molecule has 5 nitrogen and oxygen atoms in total. The van der Waals surface area contributed by atoms with Crippen molar-refractivity contribution >= 4 is 11.8 Å². The molecular weight excluding hydrogens is 436 g/mol. The van der Waals surface area contributed by atoms with E-state index in [-0.39, 0.29) is 18.4 Å². The van der Waals surface area contributed by atoms with Gasteiger partial charge in [-0.2, -0.15) is 0 Å². The van der Waals surface area contributed by atoms with E-state index < -0.39 is 6.10 Å². The molecule has 0 fully saturated rings. The predicted molar refractivity (Wildman–Crippen MR) is 150 cm³/mol. The Morgan fingerprint density at radius 1 is 0.571 bits per heavy atom. The molecule has 0 aliphatic heterocycles. The van der Waals surface area contributed by atoms with Crippen molar-refractivity contribution in [3.8, 4) is 0 Å². The van der Waals surface area contributed by atoms with Crippen molar-refractivity contribution in [1.82, 2.24) is 9.80 Å². The van der Waals surface area contributed by atoms with Crippen molar-refractivity contribution in [1.29, 1.82) is 0 Å². The monoisotopic (exact) mass is 496 g/mol. The number of amides is 2. The number of likely N-dealkylation sites (N-methyl/N-ethyl adjacent to an activating group) is 1. The highest BCUT2D eigenvalue weighted by Gasteiger charge is 2.25. The van der Waals surface area contributed by atoms with Gasteiger partial charge in [0.1, 0.15) is 12.7 Å². The van der Waals surface area contributed by atoms with Crippen LogP contribution in [0.5, 0.6) is 0 Å². The van der Waals surface area contributed by atoms with Gasteiger partial charge in [-0.15, -0.1) is 0 Å². The van der Waals surface area contributed by atoms with Gasteiger partial charge in [0, 0.05) is 26.2 Å². The smallest absolute Gasteiger partial charge is 0.251 e. The van der Waals surface area contributed by atoms with Gasteiger partial charge < -0.3 is 14.5 Å². The van der Waals surface area contributed by atoms with Crippen LogP contribution < -0.4 is 0 Å². The fourth-order valence-corrected chi connectivity index (χ4v) is 4.56. The van der Waals surface area contributed by atoms with Crippen LogP contribution in [0, 0.1) is 0 Å². The second-order valence-corrected chi connectivity index (χ2v) is 10.1. The molecule has 0 aromatic rings. The third-order valence-corrected chi connectivity index (χ3v) is 6.99. The zero-order valence-electron chi connectivity index (χ0n) is 24.3. The first kappa shape index (κ1) is 33.9. The summed E-state index contributed by atoms with van der Waals surface area (Å²) in [6, 6.07) is 0. The number of ether oxygens (including phenoxy) is 1. The SMILES string of the molecule is CCCCCCCCN(CCCCCCCC)C(=O)COC(CCCCCC)C(=O)N(CC)CC. The maximum atomic E-state index is 13.2. The van der Waals surface area contributed by atoms with Crippen molar-refractivity contribution in [3.63, 3.8) is 0 Å². The van der Waals surface area contributed by atoms with Crippen LogP contribution in [0.2, 0.25) is 0 Å². The molecule has 0 aromatic carbocycles. The summed E-state index contributed by atoms with van der Waals surface area (Å²) in [6.07, 6.45) is 19.3. The van der Waals surface area contributed by atoms with Crippen LogP contribution in [0.1, 0.15) is 144 Å². The normalized spacial score (nSPS) is 12.0. The Bertz CT molecular complexity index is 478. The third kappa shape index (κ3) is 17.9. The third-order valence-electron chi connectivity index (χ3n) is 6.99. The highest BCUT2D eigenvalue weighted by molar-refractivity contribution is 5.82. The molecule has 208 valence electrons. The van der Waals surface area contributed by atoms with E-state index >= 15 is 0 Å². The average molecular weight is 497 g/mol. The minimum atomic E-state index is -0.499. The van der Waals surface area contributed by atoms with Crippen molar-refractivity contribution in [2.24, 2.45) is 0 Å². The maximum absolute atomic E-state index is 13.2. The average Bonchev–Trinajstić information content (AvgIpc) is 2.86. The first-order valence-electron chi connectivity index (χ1n) is 15.2. The van der Waals surface area contributed by atoms with E-state index in [9.17, 15) is 9.59 Å². The fourth-order valence-electron chi connectivity index (χ4n) is 4.56. The van der Waals surface area contributed by atoms with E-state index in [2.05, 4.69) is 20.8 Å². The van der Waals surface area contributed by atoms with Crippen molar-refractivity contribution in [2.75, 3.05) is 32.8 Å². The number of carbonyl (C=O) groups excluding carboxylic acids is 2. The zero-order chi connectivity index (χ0) is 26.2. The number of hydrogen-bond donors (Lipinski definition) is 0. The molecule has 0 spiro atoms. The van der Waals surface area contributed by atoms with Gasteiger partial charge in [0.05, 0.1) is 0 Å². The number of unbranched alkanes of at least 4 members (excludes halogenated alkanes) is 13. The molecule has 35 heavy (non-hydrogen) atoms. The Kier molecular flexibility index (Phi) is 23.8. The van der Waals surface area contributed by atoms with E-state index in [1.807, 2.05) is 23.6 Å². The topological polar surface area (TPSA) is 49.9 Å². The second-order valence-electron chi connectivity index (χ2n) is 10.1. The molecule has 0 aliphatic carbocycles. The maximum Gasteiger partial charge on any atom is 0.251 e. The molecule has 0 radical (unpaired) electrons. The van der Waals surface area contributed by atoms with Crippen molar-refractivity contribution in [2.45, 2.75) is 150 Å². The van der Waals surface area contributed by atoms with Gasteiger partial charge in [0.2, 0.25) is 5.91 Å². The quantitative estimate of drug-likeness (QED) is 0.121. The lowest BCUT2D eigenvalue weighted by molar-refractivity contribution is -0.149. The first-order chi connectivity index (χ1) is 17.0. The molecule has 0 aromatic heterocycles. The minimum absolute atomic E-state index is 0.0249. The standard InChI is InChI=1S/C30H60N2O3/c1-6-11-14-17-19-22-25-32(26-23-20-18-15-12-7-2)29(33)27-35-28(24-21-16-13-8-3)30(34)31(9-4)10-5/h28H,6-27H2,1-5H3. The Balaban J connectivity index is 4.86. The Morgan fingerprint density at radius 3 is 1.46 bits per heavy atom. The van der Waals surface area contributed by atoms with E-state index in [1.165, 1.54) is 77.0 Å². The molecule has 0 rings (SSSR count). The van der Waals surface area contributed by atoms with Crippen LogP contribution in [-0.2, 0) is 14.3 Å². The molecule has 0 heterocycles. The number of nitrogens with zero attached hydrogens (tertiary/aromatic N) is 2. The van der Waals surface area contributed by atoms with E-state index in [1.54, 1.807) is 0 Å². The summed E-state index contributed by atoms with van der Waals surface area (Å²) in [4.78, 5) is 30.0. The van der Waals surface area contributed by atoms with Crippen molar-refractivity contribution < 1.29 is 14.3 Å². The molecular formula is C30H60N2O3. The minimum Gasteiger partial charge on any atom is -0.359 e. The summed E-state index contributed by atoms with van der Waals surface area (Å²) in [7, 11) is 0. The van der Waals surface area contributed by atoms with Crippen LogP contribution >= 0.6 is 0 Å². The number of hydrogen-bond acceptors (Lipinski definition) is 3. The van der Waals surface area contributed by atoms with Crippen LogP contribution in [-0.4, -0.2) is 60.5 Å². The lowest BCUT2D eigenvalue weighted by atomic mass is 10.1. The highest BCUT2D eigenvalue weighted by Crippen LogP contribution is 2.13. The Hall–Kier alpha value is -1.10. The highest BCUT2D eigenvalue weighted by atomic mass is 16.5. The molecule has 5 heteroatoms. The lowest BCUT2D eigenvalue weighted by Crippen LogP contribution is -2.43. The second kappa shape index (κ2) is 24.6. The zero-order valence-corrected chi connectivity index (χ0v) is 24.3. The first-order valence-corrected chi connectivity index (χ1v) is 15.2. The Morgan fingerprint density at radius 2 is 1.00 bits per heavy atom. The van der Waals surface area contributed by atoms with Gasteiger partial charge >= 0.3 is 0 Å². The molecule has 0 saturated carbocycles. The van der Waals surface area contributed by atoms with Gasteiger partial charge in [0.15, 0.2) is 0 Å². The summed E-state index contributed by atoms with van der Waals surface area (Å²) < 4.78 is 6.05. The van der Waals surface area contributed by atoms with E-state index in [4.69, 9.17) is 4.74 Å².